The summed E-state index contributed by atoms with van der Waals surface area (Å²) >= 11 is 0. The lowest BCUT2D eigenvalue weighted by Crippen LogP contribution is -2.60. The van der Waals surface area contributed by atoms with Crippen molar-refractivity contribution in [3.05, 3.63) is 72.9 Å². The molecule has 9 nitrogen and oxygen atoms in total. The molecule has 1 saturated heterocycles. The van der Waals surface area contributed by atoms with Gasteiger partial charge in [0.15, 0.2) is 6.29 Å². The van der Waals surface area contributed by atoms with Crippen LogP contribution in [-0.2, 0) is 14.3 Å². The number of carbonyl (C=O) groups excluding carboxylic acids is 1. The van der Waals surface area contributed by atoms with Gasteiger partial charge in [-0.2, -0.15) is 0 Å². The molecule has 1 fully saturated rings. The maximum atomic E-state index is 13.1. The van der Waals surface area contributed by atoms with E-state index in [-0.39, 0.29) is 12.5 Å². The summed E-state index contributed by atoms with van der Waals surface area (Å²) in [4.78, 5) is 13.1. The summed E-state index contributed by atoms with van der Waals surface area (Å²) in [5.74, 6) is -0.195. The zero-order valence-electron chi connectivity index (χ0n) is 46.4. The molecule has 9 heteroatoms. The summed E-state index contributed by atoms with van der Waals surface area (Å²) in [6.45, 7) is 3.67. The Morgan fingerprint density at radius 2 is 0.875 bits per heavy atom. The monoisotopic (exact) mass is 1010 g/mol. The van der Waals surface area contributed by atoms with E-state index in [0.29, 0.717) is 6.42 Å². The number of ether oxygens (including phenoxy) is 2. The van der Waals surface area contributed by atoms with Gasteiger partial charge in [-0.05, 0) is 70.6 Å². The van der Waals surface area contributed by atoms with Gasteiger partial charge in [0.2, 0.25) is 5.91 Å². The molecule has 0 radical (unpaired) electrons. The van der Waals surface area contributed by atoms with E-state index in [4.69, 9.17) is 9.47 Å². The van der Waals surface area contributed by atoms with Crippen LogP contribution in [0.4, 0.5) is 0 Å². The molecule has 1 heterocycles. The molecular formula is C63H113NO8. The molecule has 7 atom stereocenters. The highest BCUT2D eigenvalue weighted by Gasteiger charge is 2.44. The van der Waals surface area contributed by atoms with Crippen molar-refractivity contribution in [2.75, 3.05) is 13.2 Å². The summed E-state index contributed by atoms with van der Waals surface area (Å²) in [5, 5.41) is 54.5. The van der Waals surface area contributed by atoms with Gasteiger partial charge in [0.1, 0.15) is 24.4 Å². The molecule has 72 heavy (non-hydrogen) atoms. The molecule has 0 aliphatic carbocycles. The smallest absolute Gasteiger partial charge is 0.220 e. The van der Waals surface area contributed by atoms with Crippen LogP contribution in [0.5, 0.6) is 0 Å². The first-order valence-corrected chi connectivity index (χ1v) is 30.2. The molecule has 1 aliphatic heterocycles. The van der Waals surface area contributed by atoms with Gasteiger partial charge in [0.25, 0.3) is 0 Å². The first kappa shape index (κ1) is 67.6. The van der Waals surface area contributed by atoms with E-state index in [2.05, 4.69) is 79.9 Å². The minimum absolute atomic E-state index is 0.195. The van der Waals surface area contributed by atoms with Gasteiger partial charge in [0.05, 0.1) is 25.4 Å². The maximum Gasteiger partial charge on any atom is 0.220 e. The Hall–Kier alpha value is -2.37. The zero-order valence-corrected chi connectivity index (χ0v) is 46.4. The highest BCUT2D eigenvalue weighted by atomic mass is 16.7. The third kappa shape index (κ3) is 40.9. The number of aliphatic hydroxyl groups is 5. The Labute approximate surface area is 442 Å². The third-order valence-corrected chi connectivity index (χ3v) is 14.0. The average Bonchev–Trinajstić information content (AvgIpc) is 3.38. The molecule has 1 amide bonds. The van der Waals surface area contributed by atoms with Gasteiger partial charge < -0.3 is 40.3 Å². The van der Waals surface area contributed by atoms with E-state index in [0.717, 1.165) is 77.0 Å². The third-order valence-electron chi connectivity index (χ3n) is 14.0. The Morgan fingerprint density at radius 1 is 0.486 bits per heavy atom. The van der Waals surface area contributed by atoms with Crippen LogP contribution in [0, 0.1) is 0 Å². The highest BCUT2D eigenvalue weighted by molar-refractivity contribution is 5.76. The topological polar surface area (TPSA) is 149 Å². The van der Waals surface area contributed by atoms with Gasteiger partial charge >= 0.3 is 0 Å². The molecule has 0 saturated carbocycles. The Balaban J connectivity index is 2.23. The number of nitrogens with one attached hydrogen (secondary N) is 1. The van der Waals surface area contributed by atoms with E-state index < -0.39 is 49.5 Å². The van der Waals surface area contributed by atoms with Crippen LogP contribution in [0.1, 0.15) is 264 Å². The molecule has 0 aromatic rings. The number of hydrogen-bond donors (Lipinski definition) is 6. The average molecular weight is 1010 g/mol. The van der Waals surface area contributed by atoms with Crippen molar-refractivity contribution in [3.8, 4) is 0 Å². The van der Waals surface area contributed by atoms with E-state index in [1.54, 1.807) is 6.08 Å². The fourth-order valence-corrected chi connectivity index (χ4v) is 9.28. The molecule has 418 valence electrons. The lowest BCUT2D eigenvalue weighted by atomic mass is 9.99. The van der Waals surface area contributed by atoms with Crippen LogP contribution in [0.15, 0.2) is 72.9 Å². The predicted octanol–water partition coefficient (Wildman–Crippen LogP) is 15.2. The second-order valence-electron chi connectivity index (χ2n) is 20.8. The zero-order chi connectivity index (χ0) is 52.2. The van der Waals surface area contributed by atoms with Crippen molar-refractivity contribution in [1.29, 1.82) is 0 Å². The normalized spacial score (nSPS) is 19.7. The van der Waals surface area contributed by atoms with Crippen molar-refractivity contribution in [2.24, 2.45) is 0 Å². The lowest BCUT2D eigenvalue weighted by Gasteiger charge is -2.40. The second-order valence-corrected chi connectivity index (χ2v) is 20.8. The second kappa shape index (κ2) is 52.1. The molecule has 1 rings (SSSR count). The molecule has 0 bridgehead atoms. The highest BCUT2D eigenvalue weighted by Crippen LogP contribution is 2.23. The summed E-state index contributed by atoms with van der Waals surface area (Å²) in [7, 11) is 0. The van der Waals surface area contributed by atoms with Crippen molar-refractivity contribution >= 4 is 5.91 Å². The first-order valence-electron chi connectivity index (χ1n) is 30.2. The van der Waals surface area contributed by atoms with Crippen LogP contribution in [0.3, 0.4) is 0 Å². The van der Waals surface area contributed by atoms with Crippen LogP contribution >= 0.6 is 0 Å². The molecule has 0 spiro atoms. The minimum Gasteiger partial charge on any atom is -0.394 e. The molecule has 1 aliphatic rings. The largest absolute Gasteiger partial charge is 0.394 e. The van der Waals surface area contributed by atoms with Gasteiger partial charge in [-0.3, -0.25) is 4.79 Å². The quantitative estimate of drug-likeness (QED) is 0.0261. The number of rotatable bonds is 51. The Bertz CT molecular complexity index is 1360. The van der Waals surface area contributed by atoms with Crippen molar-refractivity contribution in [3.63, 3.8) is 0 Å². The van der Waals surface area contributed by atoms with Crippen LogP contribution in [0.25, 0.3) is 0 Å². The summed E-state index contributed by atoms with van der Waals surface area (Å²) in [6.07, 6.45) is 65.5. The maximum absolute atomic E-state index is 13.1. The van der Waals surface area contributed by atoms with E-state index in [1.807, 2.05) is 6.08 Å². The lowest BCUT2D eigenvalue weighted by molar-refractivity contribution is -0.302. The number of aliphatic hydroxyl groups excluding tert-OH is 5. The predicted molar refractivity (Wildman–Crippen MR) is 304 cm³/mol. The standard InChI is InChI=1S/C63H113NO8/c1-3-5-7-9-11-13-15-17-19-21-23-25-26-27-28-29-30-31-33-34-36-38-40-42-44-46-48-50-52-57(66)56(55-71-63-62(70)61(69)60(68)58(54-65)72-63)64-59(67)53-51-49-47-45-43-41-39-37-35-32-24-22-20-18-16-14-12-10-8-6-4-2/h6,8,12,14,18,20,24,32,42,44,50,52,56-58,60-63,65-66,68-70H,3-5,7,9-11,13,15-17,19,21-23,25-31,33-41,43,45-49,51,53-55H2,1-2H3,(H,64,67)/b8-6-,14-12-,20-18-,32-24-,44-42+,52-50+. The Kier molecular flexibility index (Phi) is 48.9. The van der Waals surface area contributed by atoms with E-state index in [1.165, 1.54) is 167 Å². The molecule has 7 unspecified atom stereocenters. The first-order chi connectivity index (χ1) is 35.3. The number of hydrogen-bond acceptors (Lipinski definition) is 8. The summed E-state index contributed by atoms with van der Waals surface area (Å²) < 4.78 is 11.3. The van der Waals surface area contributed by atoms with Crippen molar-refractivity contribution < 1.29 is 39.8 Å². The number of carbonyl (C=O) groups is 1. The van der Waals surface area contributed by atoms with Crippen LogP contribution in [-0.4, -0.2) is 87.5 Å². The number of unbranched alkanes of at least 4 members (excludes halogenated alkanes) is 31. The fourth-order valence-electron chi connectivity index (χ4n) is 9.28. The number of amides is 1. The van der Waals surface area contributed by atoms with Crippen LogP contribution in [0.2, 0.25) is 0 Å². The van der Waals surface area contributed by atoms with Gasteiger partial charge in [-0.25, -0.2) is 0 Å². The number of allylic oxidation sites excluding steroid dienone is 11. The fraction of sp³-hybridized carbons (Fsp3) is 0.794. The van der Waals surface area contributed by atoms with Crippen LogP contribution < -0.4 is 5.32 Å². The van der Waals surface area contributed by atoms with Gasteiger partial charge in [-0.15, -0.1) is 0 Å². The van der Waals surface area contributed by atoms with Crippen molar-refractivity contribution in [2.45, 2.75) is 307 Å². The minimum atomic E-state index is -1.58. The molecule has 0 aromatic carbocycles. The van der Waals surface area contributed by atoms with Gasteiger partial charge in [0, 0.05) is 6.42 Å². The van der Waals surface area contributed by atoms with Gasteiger partial charge in [-0.1, -0.05) is 260 Å². The van der Waals surface area contributed by atoms with E-state index >= 15 is 0 Å². The molecular weight excluding hydrogens is 899 g/mol. The summed E-state index contributed by atoms with van der Waals surface area (Å²) in [6, 6.07) is -0.831. The van der Waals surface area contributed by atoms with Crippen molar-refractivity contribution in [1.82, 2.24) is 5.32 Å². The SMILES string of the molecule is CC/C=C\C/C=C\C/C=C\C/C=C\CCCCCCCCCCC(=O)NC(COC1OC(CO)C(O)C(O)C1O)C(O)/C=C/CC/C=C/CCCCCCCCCCCCCCCCCCCCCCCC. The summed E-state index contributed by atoms with van der Waals surface area (Å²) in [5.41, 5.74) is 0. The van der Waals surface area contributed by atoms with E-state index in [9.17, 15) is 30.3 Å². The Morgan fingerprint density at radius 3 is 1.33 bits per heavy atom. The molecule has 6 N–H and O–H groups in total. The molecule has 0 aromatic heterocycles.